The van der Waals surface area contributed by atoms with Crippen LogP contribution < -0.4 is 0 Å². The molecular weight excluding hydrogens is 300 g/mol. The number of hydrogen-bond acceptors (Lipinski definition) is 3. The monoisotopic (exact) mass is 316 g/mol. The van der Waals surface area contributed by atoms with E-state index >= 15 is 0 Å². The van der Waals surface area contributed by atoms with Crippen molar-refractivity contribution in [3.8, 4) is 6.07 Å². The molecule has 2 heterocycles. The van der Waals surface area contributed by atoms with Gasteiger partial charge in [-0.15, -0.1) is 0 Å². The highest BCUT2D eigenvalue weighted by Gasteiger charge is 2.32. The number of likely N-dealkylation sites (tertiary alicyclic amines) is 1. The van der Waals surface area contributed by atoms with E-state index < -0.39 is 0 Å². The van der Waals surface area contributed by atoms with Gasteiger partial charge in [0.2, 0.25) is 0 Å². The number of fused-ring (bicyclic) bond motifs is 1. The van der Waals surface area contributed by atoms with Crippen LogP contribution in [0.1, 0.15) is 40.6 Å². The third-order valence-electron chi connectivity index (χ3n) is 4.50. The highest BCUT2D eigenvalue weighted by molar-refractivity contribution is 5.94. The molecule has 2 aromatic carbocycles. The lowest BCUT2D eigenvalue weighted by molar-refractivity contribution is 0.0730. The van der Waals surface area contributed by atoms with Crippen LogP contribution in [-0.4, -0.2) is 27.3 Å². The average Bonchev–Trinajstić information content (AvgIpc) is 3.27. The van der Waals surface area contributed by atoms with E-state index in [4.69, 9.17) is 5.26 Å². The second-order valence-corrected chi connectivity index (χ2v) is 5.98. The number of aromatic nitrogens is 2. The van der Waals surface area contributed by atoms with E-state index in [-0.39, 0.29) is 11.9 Å². The molecule has 1 aromatic heterocycles. The molecule has 24 heavy (non-hydrogen) atoms. The normalized spacial score (nSPS) is 17.1. The van der Waals surface area contributed by atoms with Gasteiger partial charge in [0.05, 0.1) is 28.7 Å². The van der Waals surface area contributed by atoms with Gasteiger partial charge in [-0.1, -0.05) is 12.1 Å². The Kier molecular flexibility index (Phi) is 3.51. The van der Waals surface area contributed by atoms with Gasteiger partial charge in [-0.3, -0.25) is 4.79 Å². The summed E-state index contributed by atoms with van der Waals surface area (Å²) in [5.41, 5.74) is 3.08. The SMILES string of the molecule is N#Cc1ccc(C(=O)N2CCC[C@H]2c2nc3ccccc3[nH]2)cc1. The molecule has 0 saturated carbocycles. The van der Waals surface area contributed by atoms with Crippen molar-refractivity contribution in [1.29, 1.82) is 5.26 Å². The van der Waals surface area contributed by atoms with Gasteiger partial charge in [0.1, 0.15) is 5.82 Å². The molecule has 0 unspecified atom stereocenters. The standard InChI is InChI=1S/C19H16N4O/c20-12-13-7-9-14(10-8-13)19(24)23-11-3-6-17(23)18-21-15-4-1-2-5-16(15)22-18/h1-2,4-5,7-10,17H,3,6,11H2,(H,21,22)/t17-/m0/s1. The number of aromatic amines is 1. The fourth-order valence-corrected chi connectivity index (χ4v) is 3.28. The molecule has 3 aromatic rings. The Bertz CT molecular complexity index is 903. The minimum Gasteiger partial charge on any atom is -0.340 e. The predicted octanol–water partition coefficient (Wildman–Crippen LogP) is 3.41. The average molecular weight is 316 g/mol. The number of nitriles is 1. The molecule has 1 aliphatic heterocycles. The van der Waals surface area contributed by atoms with Crippen LogP contribution in [0.4, 0.5) is 0 Å². The van der Waals surface area contributed by atoms with Crippen molar-refractivity contribution in [2.24, 2.45) is 0 Å². The second-order valence-electron chi connectivity index (χ2n) is 5.98. The summed E-state index contributed by atoms with van der Waals surface area (Å²) >= 11 is 0. The van der Waals surface area contributed by atoms with Crippen molar-refractivity contribution in [1.82, 2.24) is 14.9 Å². The van der Waals surface area contributed by atoms with Crippen molar-refractivity contribution < 1.29 is 4.79 Å². The minimum absolute atomic E-state index is 0.0116. The summed E-state index contributed by atoms with van der Waals surface area (Å²) in [4.78, 5) is 22.7. The molecule has 1 amide bonds. The van der Waals surface area contributed by atoms with Crippen LogP contribution in [-0.2, 0) is 0 Å². The molecule has 0 spiro atoms. The van der Waals surface area contributed by atoms with Crippen molar-refractivity contribution in [2.75, 3.05) is 6.54 Å². The van der Waals surface area contributed by atoms with E-state index in [1.807, 2.05) is 29.2 Å². The van der Waals surface area contributed by atoms with Crippen molar-refractivity contribution >= 4 is 16.9 Å². The Morgan fingerprint density at radius 2 is 2.00 bits per heavy atom. The number of nitrogens with one attached hydrogen (secondary N) is 1. The molecule has 1 fully saturated rings. The van der Waals surface area contributed by atoms with Gasteiger partial charge < -0.3 is 9.88 Å². The zero-order chi connectivity index (χ0) is 16.5. The van der Waals surface area contributed by atoms with Crippen LogP contribution in [0.3, 0.4) is 0 Å². The Morgan fingerprint density at radius 1 is 1.21 bits per heavy atom. The van der Waals surface area contributed by atoms with E-state index in [1.54, 1.807) is 24.3 Å². The Balaban J connectivity index is 1.64. The van der Waals surface area contributed by atoms with E-state index in [0.29, 0.717) is 11.1 Å². The van der Waals surface area contributed by atoms with E-state index in [0.717, 1.165) is 36.2 Å². The maximum absolute atomic E-state index is 12.8. The molecule has 118 valence electrons. The van der Waals surface area contributed by atoms with Crippen molar-refractivity contribution in [3.63, 3.8) is 0 Å². The minimum atomic E-state index is -0.0273. The summed E-state index contributed by atoms with van der Waals surface area (Å²) in [5, 5.41) is 8.88. The molecule has 4 rings (SSSR count). The Labute approximate surface area is 139 Å². The molecule has 0 radical (unpaired) electrons. The van der Waals surface area contributed by atoms with Crippen molar-refractivity contribution in [2.45, 2.75) is 18.9 Å². The summed E-state index contributed by atoms with van der Waals surface area (Å²) in [6.45, 7) is 0.723. The third-order valence-corrected chi connectivity index (χ3v) is 4.50. The number of imidazole rings is 1. The Morgan fingerprint density at radius 3 is 2.75 bits per heavy atom. The quantitative estimate of drug-likeness (QED) is 0.787. The van der Waals surface area contributed by atoms with Crippen LogP contribution in [0.5, 0.6) is 0 Å². The molecule has 5 nitrogen and oxygen atoms in total. The van der Waals surface area contributed by atoms with Crippen molar-refractivity contribution in [3.05, 3.63) is 65.5 Å². The summed E-state index contributed by atoms with van der Waals surface area (Å²) in [7, 11) is 0. The van der Waals surface area contributed by atoms with Gasteiger partial charge in [-0.2, -0.15) is 5.26 Å². The highest BCUT2D eigenvalue weighted by Crippen LogP contribution is 2.32. The topological polar surface area (TPSA) is 72.8 Å². The second kappa shape index (κ2) is 5.82. The van der Waals surface area contributed by atoms with Gasteiger partial charge >= 0.3 is 0 Å². The first-order valence-corrected chi connectivity index (χ1v) is 8.02. The summed E-state index contributed by atoms with van der Waals surface area (Å²) < 4.78 is 0. The van der Waals surface area contributed by atoms with Crippen LogP contribution in [0.25, 0.3) is 11.0 Å². The molecule has 5 heteroatoms. The van der Waals surface area contributed by atoms with Crippen LogP contribution in [0, 0.1) is 11.3 Å². The number of amides is 1. The number of H-pyrrole nitrogens is 1. The summed E-state index contributed by atoms with van der Waals surface area (Å²) in [6.07, 6.45) is 1.87. The molecule has 0 bridgehead atoms. The van der Waals surface area contributed by atoms with E-state index in [1.165, 1.54) is 0 Å². The van der Waals surface area contributed by atoms with Gasteiger partial charge in [-0.05, 0) is 49.2 Å². The highest BCUT2D eigenvalue weighted by atomic mass is 16.2. The maximum atomic E-state index is 12.8. The van der Waals surface area contributed by atoms with Gasteiger partial charge in [0.25, 0.3) is 5.91 Å². The number of hydrogen-bond donors (Lipinski definition) is 1. The molecule has 1 atom stereocenters. The maximum Gasteiger partial charge on any atom is 0.254 e. The Hall–Kier alpha value is -3.13. The smallest absolute Gasteiger partial charge is 0.254 e. The molecule has 1 N–H and O–H groups in total. The molecule has 1 aliphatic rings. The van der Waals surface area contributed by atoms with Crippen LogP contribution in [0.2, 0.25) is 0 Å². The molecule has 1 saturated heterocycles. The fourth-order valence-electron chi connectivity index (χ4n) is 3.28. The van der Waals surface area contributed by atoms with E-state index in [2.05, 4.69) is 16.0 Å². The lowest BCUT2D eigenvalue weighted by atomic mass is 10.1. The van der Waals surface area contributed by atoms with Gasteiger partial charge in [0, 0.05) is 12.1 Å². The first-order chi connectivity index (χ1) is 11.8. The zero-order valence-corrected chi connectivity index (χ0v) is 13.1. The number of carbonyl (C=O) groups excluding carboxylic acids is 1. The largest absolute Gasteiger partial charge is 0.340 e. The number of rotatable bonds is 2. The predicted molar refractivity (Wildman–Crippen MR) is 90.3 cm³/mol. The summed E-state index contributed by atoms with van der Waals surface area (Å²) in [6, 6.07) is 16.7. The van der Waals surface area contributed by atoms with Gasteiger partial charge in [0.15, 0.2) is 0 Å². The first-order valence-electron chi connectivity index (χ1n) is 8.02. The fraction of sp³-hybridized carbons (Fsp3) is 0.211. The lowest BCUT2D eigenvalue weighted by Crippen LogP contribution is -2.31. The number of carbonyl (C=O) groups is 1. The first kappa shape index (κ1) is 14.5. The summed E-state index contributed by atoms with van der Waals surface area (Å²) in [5.74, 6) is 0.832. The van der Waals surface area contributed by atoms with E-state index in [9.17, 15) is 4.79 Å². The zero-order valence-electron chi connectivity index (χ0n) is 13.1. The van der Waals surface area contributed by atoms with Crippen LogP contribution in [0.15, 0.2) is 48.5 Å². The van der Waals surface area contributed by atoms with Crippen LogP contribution >= 0.6 is 0 Å². The number of para-hydroxylation sites is 2. The molecular formula is C19H16N4O. The molecule has 0 aliphatic carbocycles. The third kappa shape index (κ3) is 2.42. The van der Waals surface area contributed by atoms with Gasteiger partial charge in [-0.25, -0.2) is 4.98 Å². The number of nitrogens with zero attached hydrogens (tertiary/aromatic N) is 3. The lowest BCUT2D eigenvalue weighted by Gasteiger charge is -2.23. The number of benzene rings is 2.